The van der Waals surface area contributed by atoms with E-state index in [1.807, 2.05) is 18.2 Å². The van der Waals surface area contributed by atoms with Crippen molar-refractivity contribution in [1.29, 1.82) is 0 Å². The Bertz CT molecular complexity index is 876. The topological polar surface area (TPSA) is 90.2 Å². The molecule has 0 radical (unpaired) electrons. The maximum atomic E-state index is 11.7. The van der Waals surface area contributed by atoms with Crippen molar-refractivity contribution in [2.45, 2.75) is 19.3 Å². The SMILES string of the molecule is CO/C=C(/C(=O)O)c1ccccc1/C(=N\OCCc1ccccn1)OCC1CC1. The second-order valence-electron chi connectivity index (χ2n) is 6.67. The van der Waals surface area contributed by atoms with Crippen LogP contribution in [0.4, 0.5) is 0 Å². The zero-order chi connectivity index (χ0) is 20.5. The lowest BCUT2D eigenvalue weighted by atomic mass is 10.0. The highest BCUT2D eigenvalue weighted by atomic mass is 16.6. The molecule has 1 aliphatic rings. The van der Waals surface area contributed by atoms with Crippen LogP contribution in [0.15, 0.2) is 60.1 Å². The molecule has 1 N–H and O–H groups in total. The summed E-state index contributed by atoms with van der Waals surface area (Å²) in [5, 5.41) is 13.7. The molecule has 1 aromatic heterocycles. The number of hydrogen-bond acceptors (Lipinski definition) is 6. The number of carboxylic acids is 1. The van der Waals surface area contributed by atoms with Gasteiger partial charge >= 0.3 is 5.97 Å². The second-order valence-corrected chi connectivity index (χ2v) is 6.67. The van der Waals surface area contributed by atoms with Gasteiger partial charge in [0.25, 0.3) is 5.90 Å². The van der Waals surface area contributed by atoms with Crippen molar-refractivity contribution in [2.24, 2.45) is 11.1 Å². The molecule has 0 aliphatic heterocycles. The third kappa shape index (κ3) is 6.07. The van der Waals surface area contributed by atoms with Crippen LogP contribution in [0.1, 0.15) is 29.7 Å². The van der Waals surface area contributed by atoms with E-state index in [-0.39, 0.29) is 11.5 Å². The van der Waals surface area contributed by atoms with E-state index in [4.69, 9.17) is 14.3 Å². The van der Waals surface area contributed by atoms with Gasteiger partial charge in [0.15, 0.2) is 0 Å². The third-order valence-corrected chi connectivity index (χ3v) is 4.39. The van der Waals surface area contributed by atoms with Gasteiger partial charge in [0.1, 0.15) is 12.2 Å². The molecule has 7 heteroatoms. The van der Waals surface area contributed by atoms with Gasteiger partial charge in [-0.05, 0) is 42.1 Å². The Hall–Kier alpha value is -3.35. The molecule has 1 saturated carbocycles. The van der Waals surface area contributed by atoms with Crippen LogP contribution in [-0.2, 0) is 25.5 Å². The predicted octanol–water partition coefficient (Wildman–Crippen LogP) is 3.50. The Morgan fingerprint density at radius 2 is 1.97 bits per heavy atom. The van der Waals surface area contributed by atoms with Crippen LogP contribution >= 0.6 is 0 Å². The van der Waals surface area contributed by atoms with Crippen LogP contribution < -0.4 is 0 Å². The van der Waals surface area contributed by atoms with Gasteiger partial charge in [-0.3, -0.25) is 4.98 Å². The molecule has 2 aromatic rings. The fraction of sp³-hybridized carbons (Fsp3) is 0.318. The van der Waals surface area contributed by atoms with E-state index in [0.29, 0.717) is 36.7 Å². The summed E-state index contributed by atoms with van der Waals surface area (Å²) in [7, 11) is 1.41. The molecule has 152 valence electrons. The standard InChI is InChI=1S/C22H24N2O5/c1-27-15-20(22(25)26)18-7-2-3-8-19(18)21(28-14-16-9-10-16)24-29-13-11-17-6-4-5-12-23-17/h2-8,12,15-16H,9-11,13-14H2,1H3,(H,25,26)/b20-15+,24-21+. The molecule has 0 atom stereocenters. The number of oxime groups is 1. The first-order valence-corrected chi connectivity index (χ1v) is 9.47. The Morgan fingerprint density at radius 3 is 2.62 bits per heavy atom. The molecule has 7 nitrogen and oxygen atoms in total. The Labute approximate surface area is 169 Å². The molecule has 1 aromatic carbocycles. The van der Waals surface area contributed by atoms with Crippen LogP contribution in [-0.4, -0.2) is 42.3 Å². The van der Waals surface area contributed by atoms with Gasteiger partial charge < -0.3 is 19.4 Å². The van der Waals surface area contributed by atoms with Crippen molar-refractivity contribution in [3.8, 4) is 0 Å². The van der Waals surface area contributed by atoms with Crippen molar-refractivity contribution in [3.05, 3.63) is 71.7 Å². The first-order valence-electron chi connectivity index (χ1n) is 9.47. The highest BCUT2D eigenvalue weighted by Gasteiger charge is 2.25. The molecular weight excluding hydrogens is 372 g/mol. The van der Waals surface area contributed by atoms with Crippen LogP contribution in [0.2, 0.25) is 0 Å². The monoisotopic (exact) mass is 396 g/mol. The van der Waals surface area contributed by atoms with E-state index in [9.17, 15) is 9.90 Å². The van der Waals surface area contributed by atoms with E-state index in [1.165, 1.54) is 13.4 Å². The average Bonchev–Trinajstić information content (AvgIpc) is 3.57. The molecule has 0 unspecified atom stereocenters. The van der Waals surface area contributed by atoms with E-state index in [0.717, 1.165) is 18.5 Å². The number of rotatable bonds is 10. The number of hydrogen-bond donors (Lipinski definition) is 1. The molecule has 0 amide bonds. The van der Waals surface area contributed by atoms with Crippen LogP contribution in [0.3, 0.4) is 0 Å². The fourth-order valence-corrected chi connectivity index (χ4v) is 2.69. The number of aliphatic carboxylic acids is 1. The van der Waals surface area contributed by atoms with Gasteiger partial charge in [0.05, 0.1) is 20.0 Å². The Morgan fingerprint density at radius 1 is 1.21 bits per heavy atom. The summed E-state index contributed by atoms with van der Waals surface area (Å²) >= 11 is 0. The summed E-state index contributed by atoms with van der Waals surface area (Å²) in [6.45, 7) is 0.850. The van der Waals surface area contributed by atoms with Crippen molar-refractivity contribution in [3.63, 3.8) is 0 Å². The van der Waals surface area contributed by atoms with Gasteiger partial charge in [0, 0.05) is 29.4 Å². The van der Waals surface area contributed by atoms with E-state index < -0.39 is 5.97 Å². The minimum absolute atomic E-state index is 0.0132. The Kier molecular flexibility index (Phi) is 7.22. The quantitative estimate of drug-likeness (QED) is 0.165. The van der Waals surface area contributed by atoms with Gasteiger partial charge in [-0.15, -0.1) is 0 Å². The minimum atomic E-state index is -1.10. The molecular formula is C22H24N2O5. The lowest BCUT2D eigenvalue weighted by Gasteiger charge is -2.13. The maximum Gasteiger partial charge on any atom is 0.339 e. The molecule has 0 bridgehead atoms. The number of pyridine rings is 1. The number of benzene rings is 1. The van der Waals surface area contributed by atoms with Crippen molar-refractivity contribution in [1.82, 2.24) is 4.98 Å². The number of ether oxygens (including phenoxy) is 2. The zero-order valence-corrected chi connectivity index (χ0v) is 16.3. The predicted molar refractivity (Wildman–Crippen MR) is 108 cm³/mol. The number of aromatic nitrogens is 1. The molecule has 1 aliphatic carbocycles. The summed E-state index contributed by atoms with van der Waals surface area (Å²) in [5.41, 5.74) is 1.90. The zero-order valence-electron chi connectivity index (χ0n) is 16.3. The lowest BCUT2D eigenvalue weighted by molar-refractivity contribution is -0.130. The van der Waals surface area contributed by atoms with Crippen LogP contribution in [0.5, 0.6) is 0 Å². The third-order valence-electron chi connectivity index (χ3n) is 4.39. The summed E-state index contributed by atoms with van der Waals surface area (Å²) in [4.78, 5) is 21.4. The minimum Gasteiger partial charge on any atom is -0.503 e. The van der Waals surface area contributed by atoms with E-state index in [1.54, 1.807) is 30.5 Å². The molecule has 0 spiro atoms. The van der Waals surface area contributed by atoms with E-state index in [2.05, 4.69) is 10.1 Å². The summed E-state index contributed by atoms with van der Waals surface area (Å²) in [5.74, 6) is -0.331. The normalized spacial score (nSPS) is 14.4. The second kappa shape index (κ2) is 10.3. The molecule has 1 heterocycles. The highest BCUT2D eigenvalue weighted by molar-refractivity contribution is 6.18. The summed E-state index contributed by atoms with van der Waals surface area (Å²) in [6.07, 6.45) is 5.78. The van der Waals surface area contributed by atoms with Gasteiger partial charge in [-0.2, -0.15) is 0 Å². The number of carbonyl (C=O) groups is 1. The maximum absolute atomic E-state index is 11.7. The molecule has 29 heavy (non-hydrogen) atoms. The van der Waals surface area contributed by atoms with Crippen LogP contribution in [0.25, 0.3) is 5.57 Å². The summed E-state index contributed by atoms with van der Waals surface area (Å²) < 4.78 is 10.8. The molecule has 3 rings (SSSR count). The number of methoxy groups -OCH3 is 1. The van der Waals surface area contributed by atoms with Crippen molar-refractivity contribution in [2.75, 3.05) is 20.3 Å². The fourth-order valence-electron chi connectivity index (χ4n) is 2.69. The number of carboxylic acid groups (broad SMARTS) is 1. The summed E-state index contributed by atoms with van der Waals surface area (Å²) in [6, 6.07) is 12.7. The smallest absolute Gasteiger partial charge is 0.339 e. The van der Waals surface area contributed by atoms with Gasteiger partial charge in [-0.25, -0.2) is 4.79 Å². The van der Waals surface area contributed by atoms with Crippen molar-refractivity contribution >= 4 is 17.4 Å². The van der Waals surface area contributed by atoms with E-state index >= 15 is 0 Å². The van der Waals surface area contributed by atoms with Crippen molar-refractivity contribution < 1.29 is 24.2 Å². The first-order chi connectivity index (χ1) is 14.2. The largest absolute Gasteiger partial charge is 0.503 e. The average molecular weight is 396 g/mol. The number of nitrogens with zero attached hydrogens (tertiary/aromatic N) is 2. The first kappa shape index (κ1) is 20.4. The van der Waals surface area contributed by atoms with Gasteiger partial charge in [0.2, 0.25) is 0 Å². The molecule has 1 fully saturated rings. The van der Waals surface area contributed by atoms with Gasteiger partial charge in [-0.1, -0.05) is 24.3 Å². The highest BCUT2D eigenvalue weighted by Crippen LogP contribution is 2.30. The van der Waals surface area contributed by atoms with Crippen LogP contribution in [0, 0.1) is 5.92 Å². The Balaban J connectivity index is 1.80. The molecule has 0 saturated heterocycles. The lowest BCUT2D eigenvalue weighted by Crippen LogP contribution is -2.14.